The molecule has 1 unspecified atom stereocenters. The third-order valence-electron chi connectivity index (χ3n) is 3.71. The maximum absolute atomic E-state index is 4.67. The Hall–Kier alpha value is -1.55. The van der Waals surface area contributed by atoms with Gasteiger partial charge in [-0.3, -0.25) is 0 Å². The van der Waals surface area contributed by atoms with Crippen LogP contribution in [0.15, 0.2) is 24.3 Å². The SMILES string of the molecule is Cc1nc(CN2c3ccccc3NCC2C)sc1C. The largest absolute Gasteiger partial charge is 0.381 e. The molecule has 3 rings (SSSR count). The fraction of sp³-hybridized carbons (Fsp3) is 0.400. The van der Waals surface area contributed by atoms with Crippen molar-refractivity contribution < 1.29 is 0 Å². The first-order valence-corrected chi connectivity index (χ1v) is 7.49. The van der Waals surface area contributed by atoms with Gasteiger partial charge in [0, 0.05) is 17.5 Å². The van der Waals surface area contributed by atoms with E-state index in [-0.39, 0.29) is 0 Å². The molecular formula is C15H19N3S. The van der Waals surface area contributed by atoms with Gasteiger partial charge in [0.05, 0.1) is 23.6 Å². The predicted octanol–water partition coefficient (Wildman–Crippen LogP) is 3.58. The summed E-state index contributed by atoms with van der Waals surface area (Å²) in [5.41, 5.74) is 3.67. The van der Waals surface area contributed by atoms with Gasteiger partial charge in [-0.1, -0.05) is 12.1 Å². The standard InChI is InChI=1S/C15H19N3S/c1-10-8-16-13-6-4-5-7-14(13)18(10)9-15-17-11(2)12(3)19-15/h4-7,10,16H,8-9H2,1-3H3. The van der Waals surface area contributed by atoms with Crippen molar-refractivity contribution in [3.05, 3.63) is 39.8 Å². The van der Waals surface area contributed by atoms with Crippen LogP contribution in [0.2, 0.25) is 0 Å². The van der Waals surface area contributed by atoms with E-state index in [9.17, 15) is 0 Å². The minimum atomic E-state index is 0.486. The molecule has 1 aliphatic heterocycles. The number of aromatic nitrogens is 1. The monoisotopic (exact) mass is 273 g/mol. The van der Waals surface area contributed by atoms with E-state index in [4.69, 9.17) is 0 Å². The van der Waals surface area contributed by atoms with Crippen LogP contribution in [0, 0.1) is 13.8 Å². The average Bonchev–Trinajstić information content (AvgIpc) is 2.72. The van der Waals surface area contributed by atoms with Gasteiger partial charge in [-0.25, -0.2) is 4.98 Å². The maximum atomic E-state index is 4.67. The molecule has 1 aromatic carbocycles. The van der Waals surface area contributed by atoms with Crippen LogP contribution < -0.4 is 10.2 Å². The summed E-state index contributed by atoms with van der Waals surface area (Å²) >= 11 is 1.81. The highest BCUT2D eigenvalue weighted by molar-refractivity contribution is 7.11. The van der Waals surface area contributed by atoms with Gasteiger partial charge >= 0.3 is 0 Å². The number of benzene rings is 1. The van der Waals surface area contributed by atoms with Crippen molar-refractivity contribution in [3.8, 4) is 0 Å². The molecule has 2 heterocycles. The van der Waals surface area contributed by atoms with Crippen molar-refractivity contribution in [3.63, 3.8) is 0 Å². The second-order valence-corrected chi connectivity index (χ2v) is 6.41. The number of fused-ring (bicyclic) bond motifs is 1. The van der Waals surface area contributed by atoms with E-state index in [0.717, 1.165) is 18.8 Å². The molecule has 4 heteroatoms. The maximum Gasteiger partial charge on any atom is 0.112 e. The Bertz CT molecular complexity index is 571. The van der Waals surface area contributed by atoms with E-state index in [1.807, 2.05) is 11.3 Å². The minimum absolute atomic E-state index is 0.486. The van der Waals surface area contributed by atoms with E-state index in [2.05, 4.69) is 60.2 Å². The normalized spacial score (nSPS) is 18.1. The van der Waals surface area contributed by atoms with Crippen molar-refractivity contribution in [2.75, 3.05) is 16.8 Å². The van der Waals surface area contributed by atoms with Gasteiger partial charge in [-0.2, -0.15) is 0 Å². The molecule has 2 aromatic rings. The fourth-order valence-electron chi connectivity index (χ4n) is 2.47. The zero-order chi connectivity index (χ0) is 13.4. The topological polar surface area (TPSA) is 28.2 Å². The first-order chi connectivity index (χ1) is 9.15. The number of rotatable bonds is 2. The zero-order valence-electron chi connectivity index (χ0n) is 11.6. The molecule has 0 aliphatic carbocycles. The van der Waals surface area contributed by atoms with Crippen molar-refractivity contribution >= 4 is 22.7 Å². The van der Waals surface area contributed by atoms with Crippen LogP contribution in [-0.2, 0) is 6.54 Å². The van der Waals surface area contributed by atoms with Gasteiger partial charge in [-0.05, 0) is 32.9 Å². The molecule has 1 aromatic heterocycles. The molecule has 0 saturated heterocycles. The Kier molecular flexibility index (Phi) is 3.19. The third kappa shape index (κ3) is 2.32. The highest BCUT2D eigenvalue weighted by atomic mass is 32.1. The van der Waals surface area contributed by atoms with Gasteiger partial charge in [0.15, 0.2) is 0 Å². The van der Waals surface area contributed by atoms with Crippen LogP contribution in [0.3, 0.4) is 0 Å². The molecule has 1 aliphatic rings. The number of anilines is 2. The summed E-state index contributed by atoms with van der Waals surface area (Å²) in [5, 5.41) is 4.69. The Balaban J connectivity index is 1.91. The molecule has 19 heavy (non-hydrogen) atoms. The number of aryl methyl sites for hydroxylation is 2. The quantitative estimate of drug-likeness (QED) is 0.906. The number of para-hydroxylation sites is 2. The van der Waals surface area contributed by atoms with Crippen molar-refractivity contribution in [2.45, 2.75) is 33.4 Å². The highest BCUT2D eigenvalue weighted by Crippen LogP contribution is 2.33. The molecule has 1 atom stereocenters. The lowest BCUT2D eigenvalue weighted by atomic mass is 10.1. The summed E-state index contributed by atoms with van der Waals surface area (Å²) in [7, 11) is 0. The number of nitrogens with zero attached hydrogens (tertiary/aromatic N) is 2. The summed E-state index contributed by atoms with van der Waals surface area (Å²) in [6, 6.07) is 9.00. The number of thiazole rings is 1. The highest BCUT2D eigenvalue weighted by Gasteiger charge is 2.23. The Labute approximate surface area is 118 Å². The van der Waals surface area contributed by atoms with Gasteiger partial charge in [0.1, 0.15) is 5.01 Å². The van der Waals surface area contributed by atoms with E-state index in [1.165, 1.54) is 21.3 Å². The smallest absolute Gasteiger partial charge is 0.112 e. The van der Waals surface area contributed by atoms with E-state index in [0.29, 0.717) is 6.04 Å². The molecule has 0 bridgehead atoms. The van der Waals surface area contributed by atoms with Gasteiger partial charge in [0.2, 0.25) is 0 Å². The molecular weight excluding hydrogens is 254 g/mol. The van der Waals surface area contributed by atoms with E-state index < -0.39 is 0 Å². The number of hydrogen-bond donors (Lipinski definition) is 1. The molecule has 0 spiro atoms. The van der Waals surface area contributed by atoms with Crippen LogP contribution in [0.4, 0.5) is 11.4 Å². The average molecular weight is 273 g/mol. The minimum Gasteiger partial charge on any atom is -0.381 e. The van der Waals surface area contributed by atoms with Crippen LogP contribution in [0.1, 0.15) is 22.5 Å². The molecule has 3 nitrogen and oxygen atoms in total. The van der Waals surface area contributed by atoms with Crippen molar-refractivity contribution in [2.24, 2.45) is 0 Å². The summed E-state index contributed by atoms with van der Waals surface area (Å²) in [4.78, 5) is 8.44. The summed E-state index contributed by atoms with van der Waals surface area (Å²) in [6.07, 6.45) is 0. The van der Waals surface area contributed by atoms with Crippen LogP contribution in [0.5, 0.6) is 0 Å². The Morgan fingerprint density at radius 2 is 2.16 bits per heavy atom. The molecule has 0 radical (unpaired) electrons. The lowest BCUT2D eigenvalue weighted by Crippen LogP contribution is -2.41. The number of nitrogens with one attached hydrogen (secondary N) is 1. The third-order valence-corrected chi connectivity index (χ3v) is 4.77. The van der Waals surface area contributed by atoms with Crippen LogP contribution in [-0.4, -0.2) is 17.6 Å². The summed E-state index contributed by atoms with van der Waals surface area (Å²) < 4.78 is 0. The van der Waals surface area contributed by atoms with Crippen molar-refractivity contribution in [1.29, 1.82) is 0 Å². The fourth-order valence-corrected chi connectivity index (χ4v) is 3.41. The van der Waals surface area contributed by atoms with Gasteiger partial charge < -0.3 is 10.2 Å². The van der Waals surface area contributed by atoms with E-state index >= 15 is 0 Å². The lowest BCUT2D eigenvalue weighted by molar-refractivity contribution is 0.639. The Morgan fingerprint density at radius 3 is 2.89 bits per heavy atom. The summed E-state index contributed by atoms with van der Waals surface area (Å²) in [6.45, 7) is 8.38. The molecule has 0 saturated carbocycles. The second kappa shape index (κ2) is 4.85. The van der Waals surface area contributed by atoms with Crippen LogP contribution >= 0.6 is 11.3 Å². The lowest BCUT2D eigenvalue weighted by Gasteiger charge is -2.37. The Morgan fingerprint density at radius 1 is 1.37 bits per heavy atom. The molecule has 100 valence electrons. The van der Waals surface area contributed by atoms with E-state index in [1.54, 1.807) is 0 Å². The zero-order valence-corrected chi connectivity index (χ0v) is 12.4. The van der Waals surface area contributed by atoms with Gasteiger partial charge in [0.25, 0.3) is 0 Å². The van der Waals surface area contributed by atoms with Crippen molar-refractivity contribution in [1.82, 2.24) is 4.98 Å². The molecule has 0 fully saturated rings. The first kappa shape index (κ1) is 12.5. The van der Waals surface area contributed by atoms with Gasteiger partial charge in [-0.15, -0.1) is 11.3 Å². The molecule has 0 amide bonds. The molecule has 1 N–H and O–H groups in total. The van der Waals surface area contributed by atoms with Crippen LogP contribution in [0.25, 0.3) is 0 Å². The number of hydrogen-bond acceptors (Lipinski definition) is 4. The predicted molar refractivity (Wildman–Crippen MR) is 82.2 cm³/mol. The second-order valence-electron chi connectivity index (χ2n) is 5.12. The first-order valence-electron chi connectivity index (χ1n) is 6.67. The summed E-state index contributed by atoms with van der Waals surface area (Å²) in [5.74, 6) is 0.